The zero-order chi connectivity index (χ0) is 13.1. The summed E-state index contributed by atoms with van der Waals surface area (Å²) in [6.45, 7) is 2.08. The molecule has 0 amide bonds. The second-order valence-corrected chi connectivity index (χ2v) is 4.04. The van der Waals surface area contributed by atoms with Gasteiger partial charge < -0.3 is 15.4 Å². The van der Waals surface area contributed by atoms with E-state index in [1.165, 1.54) is 6.07 Å². The van der Waals surface area contributed by atoms with Crippen LogP contribution in [0.15, 0.2) is 30.6 Å². The van der Waals surface area contributed by atoms with Crippen LogP contribution in [0.1, 0.15) is 29.5 Å². The van der Waals surface area contributed by atoms with Gasteiger partial charge in [-0.1, -0.05) is 6.92 Å². The summed E-state index contributed by atoms with van der Waals surface area (Å²) >= 11 is 0. The molecule has 3 N–H and O–H groups in total. The normalized spacial score (nSPS) is 10.5. The first-order valence-electron chi connectivity index (χ1n) is 5.79. The van der Waals surface area contributed by atoms with E-state index >= 15 is 0 Å². The fourth-order valence-electron chi connectivity index (χ4n) is 1.87. The first-order valence-corrected chi connectivity index (χ1v) is 5.79. The summed E-state index contributed by atoms with van der Waals surface area (Å²) in [4.78, 5) is 15.1. The fourth-order valence-corrected chi connectivity index (χ4v) is 1.87. The van der Waals surface area contributed by atoms with E-state index < -0.39 is 5.97 Å². The number of benzene rings is 1. The molecule has 5 nitrogen and oxygen atoms in total. The third-order valence-corrected chi connectivity index (χ3v) is 2.72. The van der Waals surface area contributed by atoms with E-state index in [1.807, 2.05) is 10.8 Å². The molecule has 0 bridgehead atoms. The minimum Gasteiger partial charge on any atom is -0.478 e. The molecule has 18 heavy (non-hydrogen) atoms. The third-order valence-electron chi connectivity index (χ3n) is 2.72. The summed E-state index contributed by atoms with van der Waals surface area (Å²) in [6.07, 6.45) is 5.39. The summed E-state index contributed by atoms with van der Waals surface area (Å²) < 4.78 is 1.89. The number of carbonyl (C=O) groups is 1. The third kappa shape index (κ3) is 2.20. The predicted octanol–water partition coefficient (Wildman–Crippen LogP) is 2.11. The number of rotatable bonds is 4. The van der Waals surface area contributed by atoms with Crippen molar-refractivity contribution in [1.29, 1.82) is 0 Å². The number of carboxylic acids is 1. The molecule has 0 spiro atoms. The number of nitrogens with two attached hydrogens (primary N) is 1. The highest BCUT2D eigenvalue weighted by atomic mass is 16.4. The fraction of sp³-hybridized carbons (Fsp3) is 0.231. The molecule has 0 aliphatic rings. The molecule has 0 aliphatic heterocycles. The van der Waals surface area contributed by atoms with Crippen molar-refractivity contribution in [2.24, 2.45) is 0 Å². The molecule has 5 heteroatoms. The zero-order valence-electron chi connectivity index (χ0n) is 10.1. The summed E-state index contributed by atoms with van der Waals surface area (Å²) in [6, 6.07) is 4.72. The molecule has 2 aromatic rings. The van der Waals surface area contributed by atoms with Gasteiger partial charge in [0.25, 0.3) is 0 Å². The van der Waals surface area contributed by atoms with Crippen molar-refractivity contribution < 1.29 is 9.90 Å². The molecule has 0 fully saturated rings. The molecule has 0 unspecified atom stereocenters. The van der Waals surface area contributed by atoms with Crippen molar-refractivity contribution in [2.75, 3.05) is 5.73 Å². The lowest BCUT2D eigenvalue weighted by molar-refractivity contribution is 0.0697. The second-order valence-electron chi connectivity index (χ2n) is 4.04. The number of nitrogens with zero attached hydrogens (tertiary/aromatic N) is 2. The van der Waals surface area contributed by atoms with Crippen molar-refractivity contribution in [3.63, 3.8) is 0 Å². The molecule has 1 heterocycles. The van der Waals surface area contributed by atoms with Gasteiger partial charge in [-0.25, -0.2) is 9.78 Å². The number of hydrogen-bond acceptors (Lipinski definition) is 3. The molecule has 1 aromatic carbocycles. The first kappa shape index (κ1) is 12.2. The topological polar surface area (TPSA) is 81.1 Å². The van der Waals surface area contributed by atoms with Gasteiger partial charge in [-0.3, -0.25) is 0 Å². The molecule has 94 valence electrons. The van der Waals surface area contributed by atoms with Gasteiger partial charge >= 0.3 is 5.97 Å². The number of aromatic nitrogens is 2. The van der Waals surface area contributed by atoms with E-state index in [1.54, 1.807) is 18.3 Å². The largest absolute Gasteiger partial charge is 0.478 e. The highest BCUT2D eigenvalue weighted by molar-refractivity contribution is 5.89. The van der Waals surface area contributed by atoms with Crippen molar-refractivity contribution in [1.82, 2.24) is 9.55 Å². The Bertz CT molecular complexity index is 575. The van der Waals surface area contributed by atoms with E-state index in [9.17, 15) is 4.79 Å². The van der Waals surface area contributed by atoms with Gasteiger partial charge in [0, 0.05) is 18.8 Å². The maximum Gasteiger partial charge on any atom is 0.335 e. The molecule has 1 aromatic heterocycles. The maximum absolute atomic E-state index is 10.8. The van der Waals surface area contributed by atoms with Crippen molar-refractivity contribution in [3.05, 3.63) is 42.0 Å². The summed E-state index contributed by atoms with van der Waals surface area (Å²) in [5.74, 6) is -0.0556. The predicted molar refractivity (Wildman–Crippen MR) is 68.9 cm³/mol. The lowest BCUT2D eigenvalue weighted by atomic mass is 10.1. The van der Waals surface area contributed by atoms with Gasteiger partial charge in [0.05, 0.1) is 16.9 Å². The lowest BCUT2D eigenvalue weighted by Crippen LogP contribution is -2.05. The number of hydrogen-bond donors (Lipinski definition) is 2. The SMILES string of the molecule is CCCc1nccn1-c1ccc(C(=O)O)cc1N. The van der Waals surface area contributed by atoms with Gasteiger partial charge in [0.15, 0.2) is 0 Å². The minimum atomic E-state index is -0.979. The van der Waals surface area contributed by atoms with E-state index in [2.05, 4.69) is 11.9 Å². The average molecular weight is 245 g/mol. The molecule has 0 aliphatic carbocycles. The summed E-state index contributed by atoms with van der Waals surface area (Å²) in [5, 5.41) is 8.89. The van der Waals surface area contributed by atoms with E-state index in [0.29, 0.717) is 5.69 Å². The molecule has 0 radical (unpaired) electrons. The first-order chi connectivity index (χ1) is 8.63. The zero-order valence-corrected chi connectivity index (χ0v) is 10.1. The highest BCUT2D eigenvalue weighted by Gasteiger charge is 2.10. The van der Waals surface area contributed by atoms with Crippen LogP contribution in [0.4, 0.5) is 5.69 Å². The number of imidazole rings is 1. The van der Waals surface area contributed by atoms with Crippen LogP contribution in [0.2, 0.25) is 0 Å². The molecule has 2 rings (SSSR count). The van der Waals surface area contributed by atoms with Crippen molar-refractivity contribution in [2.45, 2.75) is 19.8 Å². The number of anilines is 1. The molecule has 0 saturated heterocycles. The minimum absolute atomic E-state index is 0.188. The van der Waals surface area contributed by atoms with Crippen molar-refractivity contribution in [3.8, 4) is 5.69 Å². The summed E-state index contributed by atoms with van der Waals surface area (Å²) in [5.41, 5.74) is 7.29. The standard InChI is InChI=1S/C13H15N3O2/c1-2-3-12-15-6-7-16(12)11-5-4-9(13(17)18)8-10(11)14/h4-8H,2-3,14H2,1H3,(H,17,18). The Balaban J connectivity index is 2.44. The van der Waals surface area contributed by atoms with Crippen LogP contribution in [0, 0.1) is 0 Å². The lowest BCUT2D eigenvalue weighted by Gasteiger charge is -2.10. The van der Waals surface area contributed by atoms with E-state index in [-0.39, 0.29) is 5.56 Å². The van der Waals surface area contributed by atoms with Crippen LogP contribution in [-0.4, -0.2) is 20.6 Å². The van der Waals surface area contributed by atoms with Crippen LogP contribution < -0.4 is 5.73 Å². The molecular formula is C13H15N3O2. The number of nitrogen functional groups attached to an aromatic ring is 1. The Hall–Kier alpha value is -2.30. The monoisotopic (exact) mass is 245 g/mol. The smallest absolute Gasteiger partial charge is 0.335 e. The Morgan fingerprint density at radius 1 is 1.50 bits per heavy atom. The number of carboxylic acid groups (broad SMARTS) is 1. The van der Waals surface area contributed by atoms with Crippen LogP contribution >= 0.6 is 0 Å². The van der Waals surface area contributed by atoms with Crippen LogP contribution in [0.3, 0.4) is 0 Å². The second kappa shape index (κ2) is 4.91. The molecule has 0 saturated carbocycles. The van der Waals surface area contributed by atoms with Gasteiger partial charge in [-0.2, -0.15) is 0 Å². The van der Waals surface area contributed by atoms with Crippen molar-refractivity contribution >= 4 is 11.7 Å². The van der Waals surface area contributed by atoms with Gasteiger partial charge in [-0.05, 0) is 24.6 Å². The average Bonchev–Trinajstić information content (AvgIpc) is 2.77. The Morgan fingerprint density at radius 2 is 2.28 bits per heavy atom. The highest BCUT2D eigenvalue weighted by Crippen LogP contribution is 2.21. The Morgan fingerprint density at radius 3 is 2.89 bits per heavy atom. The van der Waals surface area contributed by atoms with Crippen LogP contribution in [-0.2, 0) is 6.42 Å². The van der Waals surface area contributed by atoms with Gasteiger partial charge in [-0.15, -0.1) is 0 Å². The molecular weight excluding hydrogens is 230 g/mol. The molecule has 0 atom stereocenters. The van der Waals surface area contributed by atoms with Crippen LogP contribution in [0.25, 0.3) is 5.69 Å². The van der Waals surface area contributed by atoms with Gasteiger partial charge in [0.2, 0.25) is 0 Å². The quantitative estimate of drug-likeness (QED) is 0.808. The Kier molecular flexibility index (Phi) is 3.32. The Labute approximate surface area is 105 Å². The van der Waals surface area contributed by atoms with Gasteiger partial charge in [0.1, 0.15) is 5.82 Å². The van der Waals surface area contributed by atoms with Crippen LogP contribution in [0.5, 0.6) is 0 Å². The summed E-state index contributed by atoms with van der Waals surface area (Å²) in [7, 11) is 0. The number of aryl methyl sites for hydroxylation is 1. The van der Waals surface area contributed by atoms with E-state index in [4.69, 9.17) is 10.8 Å². The maximum atomic E-state index is 10.8. The number of aromatic carboxylic acids is 1. The van der Waals surface area contributed by atoms with E-state index in [0.717, 1.165) is 24.4 Å².